The molecule has 1 atom stereocenters. The second-order valence-electron chi connectivity index (χ2n) is 3.15. The van der Waals surface area contributed by atoms with E-state index in [1.54, 1.807) is 0 Å². The van der Waals surface area contributed by atoms with Crippen molar-refractivity contribution >= 4 is 31.5 Å². The van der Waals surface area contributed by atoms with Crippen molar-refractivity contribution in [1.29, 1.82) is 0 Å². The average Bonchev–Trinajstić information content (AvgIpc) is 2.18. The van der Waals surface area contributed by atoms with Gasteiger partial charge in [-0.1, -0.05) is 30.3 Å². The van der Waals surface area contributed by atoms with Gasteiger partial charge in [-0.3, -0.25) is 0 Å². The van der Waals surface area contributed by atoms with Crippen LogP contribution in [0, 0.1) is 6.92 Å². The Balaban J connectivity index is 2.88. The quantitative estimate of drug-likeness (QED) is 0.679. The topological polar surface area (TPSA) is 17.1 Å². The molecule has 72 valence electrons. The lowest BCUT2D eigenvalue weighted by atomic mass is 10.1. The minimum Gasteiger partial charge on any atom is -0.237 e. The lowest BCUT2D eigenvalue weighted by Crippen LogP contribution is -1.86. The first-order chi connectivity index (χ1) is 6.70. The Morgan fingerprint density at radius 3 is 2.36 bits per heavy atom. The molecule has 0 heterocycles. The number of halogens is 1. The minimum absolute atomic E-state index is 0.688. The van der Waals surface area contributed by atoms with Crippen LogP contribution in [0.1, 0.15) is 5.56 Å². The molecule has 0 aliphatic carbocycles. The van der Waals surface area contributed by atoms with Gasteiger partial charge in [0.2, 0.25) is 0 Å². The Bertz CT molecular complexity index is 508. The van der Waals surface area contributed by atoms with Crippen LogP contribution in [0.15, 0.2) is 41.3 Å². The van der Waals surface area contributed by atoms with E-state index in [1.165, 1.54) is 5.56 Å². The fourth-order valence-electron chi connectivity index (χ4n) is 1.56. The fraction of sp³-hybridized carbons (Fsp3) is 0.0909. The molecular formula is C11H9ClOS. The van der Waals surface area contributed by atoms with Crippen LogP contribution in [0.25, 0.3) is 10.8 Å². The van der Waals surface area contributed by atoms with Crippen LogP contribution in [-0.4, -0.2) is 4.21 Å². The van der Waals surface area contributed by atoms with Crippen LogP contribution < -0.4 is 0 Å². The van der Waals surface area contributed by atoms with Crippen molar-refractivity contribution in [3.8, 4) is 0 Å². The summed E-state index contributed by atoms with van der Waals surface area (Å²) >= 11 is 0. The fourth-order valence-corrected chi connectivity index (χ4v) is 2.49. The zero-order valence-electron chi connectivity index (χ0n) is 7.66. The van der Waals surface area contributed by atoms with Gasteiger partial charge in [0.15, 0.2) is 0 Å². The molecule has 0 fully saturated rings. The van der Waals surface area contributed by atoms with Crippen molar-refractivity contribution in [2.75, 3.05) is 0 Å². The molecule has 0 aliphatic heterocycles. The van der Waals surface area contributed by atoms with Crippen LogP contribution in [0.5, 0.6) is 0 Å². The van der Waals surface area contributed by atoms with E-state index < -0.39 is 10.0 Å². The van der Waals surface area contributed by atoms with E-state index in [0.29, 0.717) is 4.90 Å². The molecule has 2 rings (SSSR count). The van der Waals surface area contributed by atoms with Crippen LogP contribution in [0.3, 0.4) is 0 Å². The lowest BCUT2D eigenvalue weighted by molar-refractivity contribution is 0.691. The van der Waals surface area contributed by atoms with Crippen molar-refractivity contribution in [2.24, 2.45) is 0 Å². The van der Waals surface area contributed by atoms with Gasteiger partial charge in [0.25, 0.3) is 0 Å². The zero-order chi connectivity index (χ0) is 10.1. The van der Waals surface area contributed by atoms with Crippen LogP contribution in [-0.2, 0) is 10.0 Å². The minimum atomic E-state index is -1.44. The SMILES string of the molecule is Cc1ccc(S(=O)Cl)c2ccccc12. The van der Waals surface area contributed by atoms with Crippen molar-refractivity contribution in [2.45, 2.75) is 11.8 Å². The molecule has 2 aromatic rings. The van der Waals surface area contributed by atoms with Crippen LogP contribution in [0.4, 0.5) is 0 Å². The number of hydrogen-bond donors (Lipinski definition) is 0. The molecule has 0 amide bonds. The second kappa shape index (κ2) is 3.71. The van der Waals surface area contributed by atoms with Gasteiger partial charge >= 0.3 is 0 Å². The average molecular weight is 225 g/mol. The predicted molar refractivity (Wildman–Crippen MR) is 60.9 cm³/mol. The first-order valence-corrected chi connectivity index (χ1v) is 6.24. The summed E-state index contributed by atoms with van der Waals surface area (Å²) in [5, 5.41) is 2.08. The van der Waals surface area contributed by atoms with Gasteiger partial charge in [-0.25, -0.2) is 4.21 Å². The van der Waals surface area contributed by atoms with Crippen molar-refractivity contribution in [3.63, 3.8) is 0 Å². The molecule has 0 saturated carbocycles. The second-order valence-corrected chi connectivity index (χ2v) is 4.88. The van der Waals surface area contributed by atoms with Gasteiger partial charge in [-0.15, -0.1) is 0 Å². The third-order valence-corrected chi connectivity index (χ3v) is 3.48. The largest absolute Gasteiger partial charge is 0.237 e. The Morgan fingerprint density at radius 1 is 1.07 bits per heavy atom. The Hall–Kier alpha value is -0.860. The van der Waals surface area contributed by atoms with Gasteiger partial charge in [0, 0.05) is 0 Å². The number of fused-ring (bicyclic) bond motifs is 1. The van der Waals surface area contributed by atoms with Crippen molar-refractivity contribution in [1.82, 2.24) is 0 Å². The van der Waals surface area contributed by atoms with E-state index in [1.807, 2.05) is 43.3 Å². The summed E-state index contributed by atoms with van der Waals surface area (Å²) in [4.78, 5) is 0.688. The number of hydrogen-bond acceptors (Lipinski definition) is 1. The molecule has 0 aromatic heterocycles. The van der Waals surface area contributed by atoms with Crippen LogP contribution in [0.2, 0.25) is 0 Å². The van der Waals surface area contributed by atoms with Crippen LogP contribution >= 0.6 is 10.7 Å². The summed E-state index contributed by atoms with van der Waals surface area (Å²) < 4.78 is 11.2. The van der Waals surface area contributed by atoms with Gasteiger partial charge in [0.05, 0.1) is 4.90 Å². The molecule has 1 nitrogen and oxygen atoms in total. The molecular weight excluding hydrogens is 216 g/mol. The molecule has 0 radical (unpaired) electrons. The summed E-state index contributed by atoms with van der Waals surface area (Å²) in [6.07, 6.45) is 0. The summed E-state index contributed by atoms with van der Waals surface area (Å²) in [7, 11) is 4.17. The van der Waals surface area contributed by atoms with E-state index in [9.17, 15) is 4.21 Å². The van der Waals surface area contributed by atoms with Crippen molar-refractivity contribution < 1.29 is 4.21 Å². The maximum absolute atomic E-state index is 11.2. The summed E-state index contributed by atoms with van der Waals surface area (Å²) in [6, 6.07) is 11.6. The summed E-state index contributed by atoms with van der Waals surface area (Å²) in [5.41, 5.74) is 1.17. The van der Waals surface area contributed by atoms with Crippen molar-refractivity contribution in [3.05, 3.63) is 42.0 Å². The van der Waals surface area contributed by atoms with E-state index in [2.05, 4.69) is 0 Å². The van der Waals surface area contributed by atoms with Gasteiger partial charge in [-0.05, 0) is 40.0 Å². The highest BCUT2D eigenvalue weighted by molar-refractivity contribution is 8.08. The highest BCUT2D eigenvalue weighted by atomic mass is 35.7. The maximum Gasteiger partial charge on any atom is 0.148 e. The highest BCUT2D eigenvalue weighted by Gasteiger charge is 2.06. The zero-order valence-corrected chi connectivity index (χ0v) is 9.23. The molecule has 1 unspecified atom stereocenters. The lowest BCUT2D eigenvalue weighted by Gasteiger charge is -2.04. The third kappa shape index (κ3) is 1.56. The molecule has 3 heteroatoms. The molecule has 2 aromatic carbocycles. The molecule has 0 saturated heterocycles. The first-order valence-electron chi connectivity index (χ1n) is 4.26. The predicted octanol–water partition coefficient (Wildman–Crippen LogP) is 3.41. The van der Waals surface area contributed by atoms with E-state index >= 15 is 0 Å². The van der Waals surface area contributed by atoms with Gasteiger partial charge in [-0.2, -0.15) is 0 Å². The van der Waals surface area contributed by atoms with E-state index in [-0.39, 0.29) is 0 Å². The first kappa shape index (κ1) is 9.69. The van der Waals surface area contributed by atoms with Gasteiger partial charge in [0.1, 0.15) is 10.0 Å². The highest BCUT2D eigenvalue weighted by Crippen LogP contribution is 2.25. The number of benzene rings is 2. The molecule has 0 N–H and O–H groups in total. The number of aryl methyl sites for hydroxylation is 1. The molecule has 0 aliphatic rings. The summed E-state index contributed by atoms with van der Waals surface area (Å²) in [6.45, 7) is 2.03. The Labute approximate surface area is 89.7 Å². The van der Waals surface area contributed by atoms with Gasteiger partial charge < -0.3 is 0 Å². The number of rotatable bonds is 1. The standard InChI is InChI=1S/C11H9ClOS/c1-8-6-7-11(14(12)13)10-5-3-2-4-9(8)10/h2-7H,1H3. The molecule has 14 heavy (non-hydrogen) atoms. The Kier molecular flexibility index (Phi) is 2.57. The normalized spacial score (nSPS) is 13.0. The third-order valence-electron chi connectivity index (χ3n) is 2.27. The summed E-state index contributed by atoms with van der Waals surface area (Å²) in [5.74, 6) is 0. The molecule has 0 bridgehead atoms. The smallest absolute Gasteiger partial charge is 0.148 e. The molecule has 0 spiro atoms. The van der Waals surface area contributed by atoms with E-state index in [0.717, 1.165) is 10.8 Å². The van der Waals surface area contributed by atoms with E-state index in [4.69, 9.17) is 10.7 Å². The monoisotopic (exact) mass is 224 g/mol. The Morgan fingerprint density at radius 2 is 1.71 bits per heavy atom. The maximum atomic E-state index is 11.2.